The summed E-state index contributed by atoms with van der Waals surface area (Å²) in [4.78, 5) is 14.6. The van der Waals surface area contributed by atoms with Crippen LogP contribution in [0.3, 0.4) is 0 Å². The second-order valence-corrected chi connectivity index (χ2v) is 5.27. The average Bonchev–Trinajstić information content (AvgIpc) is 3.00. The topological polar surface area (TPSA) is 78.3 Å². The Morgan fingerprint density at radius 3 is 2.85 bits per heavy atom. The highest BCUT2D eigenvalue weighted by atomic mass is 35.5. The molecular weight excluding hydrogens is 303 g/mol. The lowest BCUT2D eigenvalue weighted by molar-refractivity contribution is 0.0899. The monoisotopic (exact) mass is 316 g/mol. The van der Waals surface area contributed by atoms with Crippen LogP contribution in [0.1, 0.15) is 35.7 Å². The summed E-state index contributed by atoms with van der Waals surface area (Å²) >= 11 is 11.5. The number of amides is 1. The number of furan rings is 1. The second kappa shape index (κ2) is 6.35. The SMILES string of the molecule is CC(CC(O)c1ccco1)NC(=O)c1cc(Cl)c(Cl)[nH]1. The molecule has 0 aromatic carbocycles. The van der Waals surface area contributed by atoms with Crippen molar-refractivity contribution < 1.29 is 14.3 Å². The van der Waals surface area contributed by atoms with Gasteiger partial charge >= 0.3 is 0 Å². The molecule has 0 saturated heterocycles. The van der Waals surface area contributed by atoms with Crippen molar-refractivity contribution in [2.75, 3.05) is 0 Å². The Kier molecular flexibility index (Phi) is 4.75. The molecule has 2 unspecified atom stereocenters. The van der Waals surface area contributed by atoms with E-state index in [2.05, 4.69) is 10.3 Å². The number of halogens is 2. The molecule has 1 amide bonds. The maximum Gasteiger partial charge on any atom is 0.267 e. The molecule has 5 nitrogen and oxygen atoms in total. The molecule has 20 heavy (non-hydrogen) atoms. The van der Waals surface area contributed by atoms with Crippen LogP contribution in [-0.4, -0.2) is 22.0 Å². The molecule has 2 heterocycles. The van der Waals surface area contributed by atoms with Gasteiger partial charge in [-0.1, -0.05) is 23.2 Å². The van der Waals surface area contributed by atoms with E-state index in [4.69, 9.17) is 27.6 Å². The number of carbonyl (C=O) groups excluding carboxylic acids is 1. The number of aliphatic hydroxyl groups excluding tert-OH is 1. The standard InChI is InChI=1S/C13H14Cl2N2O3/c1-7(5-10(18)11-3-2-4-20-11)16-13(19)9-6-8(14)12(15)17-9/h2-4,6-7,10,17-18H,5H2,1H3,(H,16,19). The Balaban J connectivity index is 1.91. The quantitative estimate of drug-likeness (QED) is 0.792. The number of aromatic amines is 1. The molecule has 7 heteroatoms. The first kappa shape index (κ1) is 15.0. The minimum atomic E-state index is -0.767. The van der Waals surface area contributed by atoms with Crippen LogP contribution in [-0.2, 0) is 0 Å². The van der Waals surface area contributed by atoms with Gasteiger partial charge in [0.05, 0.1) is 11.3 Å². The third-order valence-electron chi connectivity index (χ3n) is 2.80. The van der Waals surface area contributed by atoms with Crippen LogP contribution in [0.15, 0.2) is 28.9 Å². The van der Waals surface area contributed by atoms with Gasteiger partial charge in [-0.05, 0) is 25.1 Å². The first-order valence-electron chi connectivity index (χ1n) is 6.03. The van der Waals surface area contributed by atoms with Gasteiger partial charge in [-0.25, -0.2) is 0 Å². The minimum absolute atomic E-state index is 0.222. The third kappa shape index (κ3) is 3.56. The molecule has 0 bridgehead atoms. The van der Waals surface area contributed by atoms with E-state index in [0.29, 0.717) is 17.2 Å². The summed E-state index contributed by atoms with van der Waals surface area (Å²) < 4.78 is 5.10. The smallest absolute Gasteiger partial charge is 0.267 e. The van der Waals surface area contributed by atoms with E-state index in [-0.39, 0.29) is 22.8 Å². The van der Waals surface area contributed by atoms with Crippen LogP contribution >= 0.6 is 23.2 Å². The Bertz CT molecular complexity index is 561. The lowest BCUT2D eigenvalue weighted by Crippen LogP contribution is -2.33. The van der Waals surface area contributed by atoms with E-state index in [0.717, 1.165) is 0 Å². The fraction of sp³-hybridized carbons (Fsp3) is 0.308. The Labute approximate surface area is 125 Å². The van der Waals surface area contributed by atoms with Gasteiger partial charge in [-0.2, -0.15) is 0 Å². The van der Waals surface area contributed by atoms with Crippen LogP contribution in [0.25, 0.3) is 0 Å². The van der Waals surface area contributed by atoms with Crippen molar-refractivity contribution in [2.24, 2.45) is 0 Å². The first-order valence-corrected chi connectivity index (χ1v) is 6.79. The van der Waals surface area contributed by atoms with Gasteiger partial charge in [0.2, 0.25) is 0 Å². The van der Waals surface area contributed by atoms with Crippen molar-refractivity contribution in [1.29, 1.82) is 0 Å². The number of hydrogen-bond acceptors (Lipinski definition) is 3. The number of rotatable bonds is 5. The molecular formula is C13H14Cl2N2O3. The first-order chi connectivity index (χ1) is 9.47. The molecule has 3 N–H and O–H groups in total. The van der Waals surface area contributed by atoms with Gasteiger partial charge in [0.1, 0.15) is 22.7 Å². The highest BCUT2D eigenvalue weighted by molar-refractivity contribution is 6.41. The van der Waals surface area contributed by atoms with E-state index in [1.54, 1.807) is 19.1 Å². The molecule has 0 fully saturated rings. The lowest BCUT2D eigenvalue weighted by atomic mass is 10.1. The molecule has 108 valence electrons. The average molecular weight is 317 g/mol. The van der Waals surface area contributed by atoms with Crippen molar-refractivity contribution >= 4 is 29.1 Å². The van der Waals surface area contributed by atoms with E-state index in [1.165, 1.54) is 12.3 Å². The van der Waals surface area contributed by atoms with E-state index in [1.807, 2.05) is 0 Å². The van der Waals surface area contributed by atoms with Gasteiger partial charge in [0.25, 0.3) is 5.91 Å². The Morgan fingerprint density at radius 2 is 2.30 bits per heavy atom. The number of nitrogens with one attached hydrogen (secondary N) is 2. The summed E-state index contributed by atoms with van der Waals surface area (Å²) in [5.74, 6) is 0.134. The normalized spacial score (nSPS) is 14.0. The number of carbonyl (C=O) groups is 1. The molecule has 2 rings (SSSR count). The predicted octanol–water partition coefficient (Wildman–Crippen LogP) is 3.16. The van der Waals surface area contributed by atoms with Crippen LogP contribution in [0.5, 0.6) is 0 Å². The van der Waals surface area contributed by atoms with E-state index in [9.17, 15) is 9.90 Å². The number of H-pyrrole nitrogens is 1. The third-order valence-corrected chi connectivity index (χ3v) is 3.49. The molecule has 2 aromatic rings. The van der Waals surface area contributed by atoms with E-state index < -0.39 is 6.10 Å². The molecule has 2 atom stereocenters. The molecule has 2 aromatic heterocycles. The van der Waals surface area contributed by atoms with Crippen molar-refractivity contribution in [1.82, 2.24) is 10.3 Å². The van der Waals surface area contributed by atoms with Gasteiger partial charge in [-0.3, -0.25) is 4.79 Å². The van der Waals surface area contributed by atoms with Gasteiger partial charge in [-0.15, -0.1) is 0 Å². The molecule has 0 radical (unpaired) electrons. The Morgan fingerprint density at radius 1 is 1.55 bits per heavy atom. The minimum Gasteiger partial charge on any atom is -0.467 e. The van der Waals surface area contributed by atoms with E-state index >= 15 is 0 Å². The molecule has 0 aliphatic rings. The summed E-state index contributed by atoms with van der Waals surface area (Å²) in [5, 5.41) is 13.2. The maximum absolute atomic E-state index is 11.9. The van der Waals surface area contributed by atoms with Crippen LogP contribution in [0, 0.1) is 0 Å². The summed E-state index contributed by atoms with van der Waals surface area (Å²) in [7, 11) is 0. The number of aromatic nitrogens is 1. The van der Waals surface area contributed by atoms with Gasteiger partial charge < -0.3 is 19.8 Å². The summed E-state index contributed by atoms with van der Waals surface area (Å²) in [6, 6.07) is 4.59. The van der Waals surface area contributed by atoms with Crippen LogP contribution < -0.4 is 5.32 Å². The van der Waals surface area contributed by atoms with Crippen molar-refractivity contribution in [3.63, 3.8) is 0 Å². The van der Waals surface area contributed by atoms with Crippen molar-refractivity contribution in [3.8, 4) is 0 Å². The Hall–Kier alpha value is -1.43. The fourth-order valence-corrected chi connectivity index (χ4v) is 2.13. The summed E-state index contributed by atoms with van der Waals surface area (Å²) in [6.45, 7) is 1.79. The number of hydrogen-bond donors (Lipinski definition) is 3. The van der Waals surface area contributed by atoms with Crippen molar-refractivity contribution in [3.05, 3.63) is 46.1 Å². The van der Waals surface area contributed by atoms with Gasteiger partial charge in [0.15, 0.2) is 0 Å². The largest absolute Gasteiger partial charge is 0.467 e. The predicted molar refractivity (Wildman–Crippen MR) is 76.0 cm³/mol. The molecule has 0 aliphatic carbocycles. The number of aliphatic hydroxyl groups is 1. The fourth-order valence-electron chi connectivity index (χ4n) is 1.82. The maximum atomic E-state index is 11.9. The molecule has 0 spiro atoms. The highest BCUT2D eigenvalue weighted by Gasteiger charge is 2.18. The highest BCUT2D eigenvalue weighted by Crippen LogP contribution is 2.22. The zero-order valence-electron chi connectivity index (χ0n) is 10.7. The zero-order chi connectivity index (χ0) is 14.7. The summed E-state index contributed by atoms with van der Waals surface area (Å²) in [5.41, 5.74) is 0.277. The van der Waals surface area contributed by atoms with Crippen LogP contribution in [0.4, 0.5) is 0 Å². The lowest BCUT2D eigenvalue weighted by Gasteiger charge is -2.16. The van der Waals surface area contributed by atoms with Gasteiger partial charge in [0, 0.05) is 12.5 Å². The van der Waals surface area contributed by atoms with Crippen LogP contribution in [0.2, 0.25) is 10.2 Å². The zero-order valence-corrected chi connectivity index (χ0v) is 12.2. The summed E-state index contributed by atoms with van der Waals surface area (Å²) in [6.07, 6.45) is 1.06. The second-order valence-electron chi connectivity index (χ2n) is 4.49. The molecule has 0 saturated carbocycles. The van der Waals surface area contributed by atoms with Crippen molar-refractivity contribution in [2.45, 2.75) is 25.5 Å². The molecule has 0 aliphatic heterocycles.